The Bertz CT molecular complexity index is 1290. The molecule has 164 valence electrons. The molecule has 1 heterocycles. The molecule has 4 rings (SSSR count). The fourth-order valence-electron chi connectivity index (χ4n) is 3.03. The van der Waals surface area contributed by atoms with E-state index in [9.17, 15) is 18.0 Å². The predicted octanol–water partition coefficient (Wildman–Crippen LogP) is 3.26. The summed E-state index contributed by atoms with van der Waals surface area (Å²) in [5.41, 5.74) is 0.910. The van der Waals surface area contributed by atoms with E-state index in [-0.39, 0.29) is 28.5 Å². The summed E-state index contributed by atoms with van der Waals surface area (Å²) in [4.78, 5) is 24.3. The maximum absolute atomic E-state index is 12.8. The Morgan fingerprint density at radius 2 is 1.66 bits per heavy atom. The minimum absolute atomic E-state index is 0.0730. The van der Waals surface area contributed by atoms with Crippen LogP contribution in [0.25, 0.3) is 0 Å². The highest BCUT2D eigenvalue weighted by Gasteiger charge is 2.20. The lowest BCUT2D eigenvalue weighted by Gasteiger charge is -2.13. The topological polar surface area (TPSA) is 120 Å². The zero-order chi connectivity index (χ0) is 22.7. The van der Waals surface area contributed by atoms with Crippen molar-refractivity contribution in [1.82, 2.24) is 0 Å². The van der Waals surface area contributed by atoms with E-state index in [0.29, 0.717) is 17.2 Å². The highest BCUT2D eigenvalue weighted by molar-refractivity contribution is 7.92. The third kappa shape index (κ3) is 4.35. The number of amides is 1. The minimum atomic E-state index is -4.02. The zero-order valence-corrected chi connectivity index (χ0v) is 17.6. The zero-order valence-electron chi connectivity index (χ0n) is 16.8. The molecule has 0 spiro atoms. The van der Waals surface area contributed by atoms with Crippen LogP contribution >= 0.6 is 0 Å². The van der Waals surface area contributed by atoms with Crippen molar-refractivity contribution in [3.05, 3.63) is 77.9 Å². The number of carbonyl (C=O) groups excluding carboxylic acids is 2. The number of benzene rings is 3. The molecule has 0 aromatic heterocycles. The van der Waals surface area contributed by atoms with Gasteiger partial charge in [-0.25, -0.2) is 13.2 Å². The number of sulfonamides is 1. The molecule has 1 amide bonds. The third-order valence-corrected chi connectivity index (χ3v) is 6.01. The Morgan fingerprint density at radius 3 is 2.41 bits per heavy atom. The summed E-state index contributed by atoms with van der Waals surface area (Å²) >= 11 is 0. The SMILES string of the molecule is COC(=O)c1ccc(S(=O)(=O)Nc2ccccc2C(=O)Nc2ccc3c(c2)OCO3)cc1. The molecule has 1 aliphatic heterocycles. The smallest absolute Gasteiger partial charge is 0.337 e. The van der Waals surface area contributed by atoms with E-state index in [2.05, 4.69) is 14.8 Å². The lowest BCUT2D eigenvalue weighted by atomic mass is 10.1. The van der Waals surface area contributed by atoms with Gasteiger partial charge >= 0.3 is 5.97 Å². The van der Waals surface area contributed by atoms with Crippen LogP contribution in [0, 0.1) is 0 Å². The molecule has 2 N–H and O–H groups in total. The van der Waals surface area contributed by atoms with Crippen LogP contribution < -0.4 is 19.5 Å². The van der Waals surface area contributed by atoms with Gasteiger partial charge in [-0.05, 0) is 48.5 Å². The van der Waals surface area contributed by atoms with Crippen LogP contribution in [0.15, 0.2) is 71.6 Å². The van der Waals surface area contributed by atoms with Gasteiger partial charge < -0.3 is 19.5 Å². The molecule has 0 saturated heterocycles. The largest absolute Gasteiger partial charge is 0.465 e. The molecule has 3 aromatic rings. The average Bonchev–Trinajstić information content (AvgIpc) is 3.26. The van der Waals surface area contributed by atoms with Crippen LogP contribution in [0.4, 0.5) is 11.4 Å². The normalized spacial score (nSPS) is 12.2. The van der Waals surface area contributed by atoms with Crippen molar-refractivity contribution >= 4 is 33.3 Å². The van der Waals surface area contributed by atoms with E-state index in [1.165, 1.54) is 43.5 Å². The molecule has 0 saturated carbocycles. The third-order valence-electron chi connectivity index (χ3n) is 4.63. The Kier molecular flexibility index (Phi) is 5.69. The maximum Gasteiger partial charge on any atom is 0.337 e. The van der Waals surface area contributed by atoms with Crippen molar-refractivity contribution in [2.45, 2.75) is 4.90 Å². The summed E-state index contributed by atoms with van der Waals surface area (Å²) in [6.45, 7) is 0.109. The first-order chi connectivity index (χ1) is 15.4. The van der Waals surface area contributed by atoms with Gasteiger partial charge in [0.15, 0.2) is 11.5 Å². The number of ether oxygens (including phenoxy) is 3. The van der Waals surface area contributed by atoms with E-state index in [4.69, 9.17) is 9.47 Å². The number of hydrogen-bond donors (Lipinski definition) is 2. The molecular weight excluding hydrogens is 436 g/mol. The van der Waals surface area contributed by atoms with Gasteiger partial charge in [0.2, 0.25) is 6.79 Å². The molecule has 0 bridgehead atoms. The highest BCUT2D eigenvalue weighted by Crippen LogP contribution is 2.34. The number of rotatable bonds is 6. The number of esters is 1. The molecule has 0 fully saturated rings. The van der Waals surface area contributed by atoms with Crippen molar-refractivity contribution in [2.24, 2.45) is 0 Å². The first-order valence-corrected chi connectivity index (χ1v) is 10.9. The molecule has 3 aromatic carbocycles. The first-order valence-electron chi connectivity index (χ1n) is 9.38. The second-order valence-electron chi connectivity index (χ2n) is 6.69. The van der Waals surface area contributed by atoms with Crippen molar-refractivity contribution < 1.29 is 32.2 Å². The Morgan fingerprint density at radius 1 is 0.938 bits per heavy atom. The van der Waals surface area contributed by atoms with Crippen LogP contribution in [-0.2, 0) is 14.8 Å². The lowest BCUT2D eigenvalue weighted by Crippen LogP contribution is -2.18. The van der Waals surface area contributed by atoms with Crippen molar-refractivity contribution in [1.29, 1.82) is 0 Å². The summed E-state index contributed by atoms with van der Waals surface area (Å²) in [5, 5.41) is 2.72. The monoisotopic (exact) mass is 454 g/mol. The van der Waals surface area contributed by atoms with Crippen LogP contribution in [0.5, 0.6) is 11.5 Å². The van der Waals surface area contributed by atoms with Gasteiger partial charge in [0.25, 0.3) is 15.9 Å². The van der Waals surface area contributed by atoms with Gasteiger partial charge in [-0.2, -0.15) is 0 Å². The van der Waals surface area contributed by atoms with Crippen molar-refractivity contribution in [3.8, 4) is 11.5 Å². The summed E-state index contributed by atoms with van der Waals surface area (Å²) in [5.74, 6) is -0.00258. The molecule has 32 heavy (non-hydrogen) atoms. The standard InChI is InChI=1S/C22H18N2O7S/c1-29-22(26)14-6-9-16(10-7-14)32(27,28)24-18-5-3-2-4-17(18)21(25)23-15-8-11-19-20(12-15)31-13-30-19/h2-12,24H,13H2,1H3,(H,23,25). The maximum atomic E-state index is 12.8. The fraction of sp³-hybridized carbons (Fsp3) is 0.0909. The van der Waals surface area contributed by atoms with Gasteiger partial charge in [-0.1, -0.05) is 12.1 Å². The minimum Gasteiger partial charge on any atom is -0.465 e. The Labute approximate surface area is 184 Å². The van der Waals surface area contributed by atoms with E-state index < -0.39 is 21.9 Å². The van der Waals surface area contributed by atoms with E-state index >= 15 is 0 Å². The number of fused-ring (bicyclic) bond motifs is 1. The summed E-state index contributed by atoms with van der Waals surface area (Å²) in [7, 11) is -2.78. The number of para-hydroxylation sites is 1. The van der Waals surface area contributed by atoms with Gasteiger partial charge in [0.1, 0.15) is 0 Å². The second-order valence-corrected chi connectivity index (χ2v) is 8.37. The number of methoxy groups -OCH3 is 1. The highest BCUT2D eigenvalue weighted by atomic mass is 32.2. The van der Waals surface area contributed by atoms with E-state index in [1.54, 1.807) is 30.3 Å². The summed E-state index contributed by atoms with van der Waals surface area (Å²) in [6, 6.07) is 16.4. The Balaban J connectivity index is 1.55. The van der Waals surface area contributed by atoms with E-state index in [1.807, 2.05) is 0 Å². The van der Waals surface area contributed by atoms with Gasteiger partial charge in [-0.3, -0.25) is 9.52 Å². The Hall–Kier alpha value is -4.05. The number of hydrogen-bond acceptors (Lipinski definition) is 7. The molecule has 0 radical (unpaired) electrons. The number of anilines is 2. The molecular formula is C22H18N2O7S. The first kappa shape index (κ1) is 21.2. The van der Waals surface area contributed by atoms with Gasteiger partial charge in [0, 0.05) is 11.8 Å². The summed E-state index contributed by atoms with van der Waals surface area (Å²) < 4.78 is 43.2. The summed E-state index contributed by atoms with van der Waals surface area (Å²) in [6.07, 6.45) is 0. The lowest BCUT2D eigenvalue weighted by molar-refractivity contribution is 0.0600. The van der Waals surface area contributed by atoms with Gasteiger partial charge in [0.05, 0.1) is 28.8 Å². The van der Waals surface area contributed by atoms with Crippen LogP contribution in [0.1, 0.15) is 20.7 Å². The molecule has 0 atom stereocenters. The van der Waals surface area contributed by atoms with E-state index in [0.717, 1.165) is 0 Å². The number of carbonyl (C=O) groups is 2. The fourth-order valence-corrected chi connectivity index (χ4v) is 4.11. The predicted molar refractivity (Wildman–Crippen MR) is 116 cm³/mol. The average molecular weight is 454 g/mol. The quantitative estimate of drug-likeness (QED) is 0.549. The van der Waals surface area contributed by atoms with Crippen LogP contribution in [0.2, 0.25) is 0 Å². The molecule has 10 heteroatoms. The molecule has 1 aliphatic rings. The molecule has 0 unspecified atom stereocenters. The number of nitrogens with one attached hydrogen (secondary N) is 2. The molecule has 0 aliphatic carbocycles. The van der Waals surface area contributed by atoms with Crippen LogP contribution in [-0.4, -0.2) is 34.2 Å². The van der Waals surface area contributed by atoms with Crippen molar-refractivity contribution in [2.75, 3.05) is 23.9 Å². The van der Waals surface area contributed by atoms with Crippen molar-refractivity contribution in [3.63, 3.8) is 0 Å². The molecule has 9 nitrogen and oxygen atoms in total. The van der Waals surface area contributed by atoms with Crippen LogP contribution in [0.3, 0.4) is 0 Å². The second kappa shape index (κ2) is 8.60. The van der Waals surface area contributed by atoms with Gasteiger partial charge in [-0.15, -0.1) is 0 Å².